The summed E-state index contributed by atoms with van der Waals surface area (Å²) in [6.07, 6.45) is -8.18. The summed E-state index contributed by atoms with van der Waals surface area (Å²) < 4.78 is 345. The molecule has 0 aromatic heterocycles. The van der Waals surface area contributed by atoms with Crippen molar-refractivity contribution in [1.29, 1.82) is 0 Å². The van der Waals surface area contributed by atoms with Crippen LogP contribution in [0.3, 0.4) is 0 Å². The standard InChI is InChI=1S/C33H21F23O5S/c1-58-16-14-19(59-2)21(20(15-16)60-3)62(17-10-6-4-7-11-17,18-12-8-5-9-13-18)61-22(57)23(34,35)24(36,37)25(38,39)26(40,41)27(42,43)28(44,45)29(46,47)30(48,49)31(50,51)32(52,53)33(54,55)56/h4-15H,1-3H3. The van der Waals surface area contributed by atoms with E-state index in [-0.39, 0.29) is 5.75 Å². The number of carbonyl (C=O) groups excluding carboxylic acids is 1. The third-order valence-electron chi connectivity index (χ3n) is 8.47. The van der Waals surface area contributed by atoms with E-state index in [1.54, 1.807) is 0 Å². The molecule has 0 radical (unpaired) electrons. The first-order valence-electron chi connectivity index (χ1n) is 15.6. The average Bonchev–Trinajstić information content (AvgIpc) is 3.18. The third-order valence-corrected chi connectivity index (χ3v) is 11.7. The highest BCUT2D eigenvalue weighted by Crippen LogP contribution is 2.75. The monoisotopic (exact) mass is 966 g/mol. The summed E-state index contributed by atoms with van der Waals surface area (Å²) in [5.74, 6) is -96.7. The van der Waals surface area contributed by atoms with Gasteiger partial charge in [0.05, 0.1) is 21.3 Å². The van der Waals surface area contributed by atoms with Crippen LogP contribution < -0.4 is 14.2 Å². The van der Waals surface area contributed by atoms with Crippen molar-refractivity contribution in [3.05, 3.63) is 72.8 Å². The lowest BCUT2D eigenvalue weighted by Gasteiger charge is -2.45. The molecule has 0 spiro atoms. The molecule has 0 heterocycles. The molecule has 3 aromatic rings. The van der Waals surface area contributed by atoms with Gasteiger partial charge in [0.15, 0.2) is 0 Å². The number of halogens is 23. The van der Waals surface area contributed by atoms with Gasteiger partial charge in [0, 0.05) is 32.2 Å². The van der Waals surface area contributed by atoms with Gasteiger partial charge in [0.1, 0.15) is 22.1 Å². The Morgan fingerprint density at radius 3 is 0.984 bits per heavy atom. The Kier molecular flexibility index (Phi) is 13.2. The molecule has 5 nitrogen and oxygen atoms in total. The van der Waals surface area contributed by atoms with Gasteiger partial charge in [-0.25, -0.2) is 4.79 Å². The van der Waals surface area contributed by atoms with Crippen LogP contribution in [0.1, 0.15) is 0 Å². The Bertz CT molecular complexity index is 2010. The number of hydrogen-bond acceptors (Lipinski definition) is 5. The maximum atomic E-state index is 15.6. The fourth-order valence-electron chi connectivity index (χ4n) is 5.04. The summed E-state index contributed by atoms with van der Waals surface area (Å²) in [5, 5.41) is 0. The van der Waals surface area contributed by atoms with Gasteiger partial charge in [-0.1, -0.05) is 36.4 Å². The molecule has 62 heavy (non-hydrogen) atoms. The maximum absolute atomic E-state index is 15.6. The smallest absolute Gasteiger partial charge is 0.460 e. The van der Waals surface area contributed by atoms with Crippen LogP contribution in [0.5, 0.6) is 17.2 Å². The second kappa shape index (κ2) is 15.8. The highest BCUT2D eigenvalue weighted by Gasteiger charge is 2.99. The molecule has 3 rings (SSSR count). The van der Waals surface area contributed by atoms with Crippen LogP contribution in [0.15, 0.2) is 87.5 Å². The Labute approximate surface area is 332 Å². The lowest BCUT2D eigenvalue weighted by atomic mass is 9.85. The highest BCUT2D eigenvalue weighted by atomic mass is 32.3. The molecular formula is C33H21F23O5S. The highest BCUT2D eigenvalue weighted by molar-refractivity contribution is 8.30. The summed E-state index contributed by atoms with van der Waals surface area (Å²) in [7, 11) is -2.09. The van der Waals surface area contributed by atoms with Gasteiger partial charge in [0.25, 0.3) is 0 Å². The quantitative estimate of drug-likeness (QED) is 0.126. The van der Waals surface area contributed by atoms with E-state index in [1.165, 1.54) is 12.1 Å². The van der Waals surface area contributed by atoms with Crippen molar-refractivity contribution in [3.63, 3.8) is 0 Å². The van der Waals surface area contributed by atoms with Crippen LogP contribution in [-0.4, -0.2) is 92.7 Å². The number of ether oxygens (including phenoxy) is 3. The number of hydrogen-bond donors (Lipinski definition) is 0. The second-order valence-corrected chi connectivity index (χ2v) is 14.8. The number of rotatable bonds is 17. The van der Waals surface area contributed by atoms with E-state index in [1.807, 2.05) is 0 Å². The van der Waals surface area contributed by atoms with Crippen molar-refractivity contribution < 1.29 is 124 Å². The van der Waals surface area contributed by atoms with Crippen molar-refractivity contribution in [2.45, 2.75) is 80.1 Å². The maximum Gasteiger partial charge on any atom is 0.460 e. The van der Waals surface area contributed by atoms with E-state index in [2.05, 4.69) is 0 Å². The first-order chi connectivity index (χ1) is 27.8. The molecule has 350 valence electrons. The van der Waals surface area contributed by atoms with E-state index in [9.17, 15) is 88.2 Å². The van der Waals surface area contributed by atoms with Crippen molar-refractivity contribution in [2.24, 2.45) is 0 Å². The van der Waals surface area contributed by atoms with Crippen LogP contribution in [0.4, 0.5) is 101 Å². The molecule has 0 aliphatic carbocycles. The normalized spacial score (nSPS) is 14.9. The van der Waals surface area contributed by atoms with E-state index >= 15 is 17.6 Å². The topological polar surface area (TPSA) is 54.0 Å². The zero-order valence-electron chi connectivity index (χ0n) is 30.1. The number of alkyl halides is 23. The first-order valence-corrected chi connectivity index (χ1v) is 17.2. The van der Waals surface area contributed by atoms with Crippen molar-refractivity contribution in [1.82, 2.24) is 0 Å². The summed E-state index contributed by atoms with van der Waals surface area (Å²) in [6.45, 7) is 0. The van der Waals surface area contributed by atoms with E-state index < -0.39 is 108 Å². The molecule has 29 heteroatoms. The molecule has 0 aliphatic heterocycles. The van der Waals surface area contributed by atoms with Crippen molar-refractivity contribution in [3.8, 4) is 17.2 Å². The lowest BCUT2D eigenvalue weighted by molar-refractivity contribution is -0.477. The molecule has 0 fully saturated rings. The molecule has 0 N–H and O–H groups in total. The fraction of sp³-hybridized carbons (Fsp3) is 0.424. The average molecular weight is 967 g/mol. The van der Waals surface area contributed by atoms with Crippen LogP contribution >= 0.6 is 10.3 Å². The molecule has 0 bridgehead atoms. The number of benzene rings is 3. The van der Waals surface area contributed by atoms with Gasteiger partial charge in [0.2, 0.25) is 0 Å². The van der Waals surface area contributed by atoms with Gasteiger partial charge in [-0.2, -0.15) is 101 Å². The minimum Gasteiger partial charge on any atom is -0.496 e. The first kappa shape index (κ1) is 51.6. The van der Waals surface area contributed by atoms with E-state index in [4.69, 9.17) is 18.4 Å². The van der Waals surface area contributed by atoms with Gasteiger partial charge in [-0.3, -0.25) is 0 Å². The van der Waals surface area contributed by atoms with Gasteiger partial charge >= 0.3 is 71.4 Å². The zero-order chi connectivity index (χ0) is 48.4. The van der Waals surface area contributed by atoms with Gasteiger partial charge < -0.3 is 18.4 Å². The van der Waals surface area contributed by atoms with Crippen LogP contribution in [0.25, 0.3) is 0 Å². The molecule has 3 aromatic carbocycles. The minimum atomic E-state index is -9.60. The predicted molar refractivity (Wildman–Crippen MR) is 163 cm³/mol. The molecule has 0 unspecified atom stereocenters. The van der Waals surface area contributed by atoms with Crippen LogP contribution in [0, 0.1) is 0 Å². The van der Waals surface area contributed by atoms with Crippen molar-refractivity contribution in [2.75, 3.05) is 21.3 Å². The fourth-order valence-corrected chi connectivity index (χ4v) is 8.32. The Morgan fingerprint density at radius 2 is 0.710 bits per heavy atom. The number of methoxy groups -OCH3 is 3. The summed E-state index contributed by atoms with van der Waals surface area (Å²) >= 11 is 0. The van der Waals surface area contributed by atoms with Crippen LogP contribution in [-0.2, 0) is 8.98 Å². The van der Waals surface area contributed by atoms with E-state index in [0.29, 0.717) is 0 Å². The summed E-state index contributed by atoms with van der Waals surface area (Å²) in [6, 6.07) is 11.7. The van der Waals surface area contributed by atoms with Gasteiger partial charge in [-0.05, 0) is 24.3 Å². The zero-order valence-corrected chi connectivity index (χ0v) is 30.9. The Balaban J connectivity index is 2.34. The van der Waals surface area contributed by atoms with Gasteiger partial charge in [-0.15, -0.1) is 0 Å². The largest absolute Gasteiger partial charge is 0.496 e. The molecule has 0 saturated heterocycles. The Morgan fingerprint density at radius 1 is 0.419 bits per heavy atom. The molecule has 0 atom stereocenters. The summed E-state index contributed by atoms with van der Waals surface area (Å²) in [5.41, 5.74) is 0. The van der Waals surface area contributed by atoms with Crippen molar-refractivity contribution >= 4 is 16.3 Å². The number of carbonyl (C=O) groups is 1. The molecule has 0 amide bonds. The molecular weight excluding hydrogens is 945 g/mol. The predicted octanol–water partition coefficient (Wildman–Crippen LogP) is 12.4. The SMILES string of the molecule is COc1cc(OC)c(S(OC(=O)C(F)(F)C(F)(F)C(F)(F)C(F)(F)C(F)(F)C(F)(F)C(F)(F)C(F)(F)C(F)(F)C(F)(F)C(F)(F)F)(c2ccccc2)c2ccccc2)c(OC)c1. The third kappa shape index (κ3) is 7.02. The summed E-state index contributed by atoms with van der Waals surface area (Å²) in [4.78, 5) is 11.2. The molecule has 0 saturated carbocycles. The second-order valence-electron chi connectivity index (χ2n) is 12.2. The molecule has 0 aliphatic rings. The van der Waals surface area contributed by atoms with Crippen LogP contribution in [0.2, 0.25) is 0 Å². The van der Waals surface area contributed by atoms with E-state index in [0.717, 1.165) is 82.0 Å². The minimum absolute atomic E-state index is 0.235. The lowest BCUT2D eigenvalue weighted by Crippen LogP contribution is -2.78. The Hall–Kier alpha value is -4.73.